The zero-order valence-corrected chi connectivity index (χ0v) is 21.4. The molecule has 1 aromatic heterocycles. The third-order valence-electron chi connectivity index (χ3n) is 5.45. The molecule has 0 spiro atoms. The van der Waals surface area contributed by atoms with Crippen LogP contribution in [0.1, 0.15) is 69.6 Å². The first-order valence-corrected chi connectivity index (χ1v) is 10.7. The molecule has 0 aliphatic carbocycles. The second-order valence-corrected chi connectivity index (χ2v) is 8.20. The van der Waals surface area contributed by atoms with Crippen LogP contribution in [0.5, 0.6) is 5.75 Å². The molecule has 0 radical (unpaired) electrons. The molecule has 3 rings (SSSR count). The van der Waals surface area contributed by atoms with Gasteiger partial charge in [0.15, 0.2) is 5.96 Å². The molecule has 0 amide bonds. The van der Waals surface area contributed by atoms with Gasteiger partial charge in [-0.05, 0) is 39.7 Å². The van der Waals surface area contributed by atoms with E-state index in [-0.39, 0.29) is 35.6 Å². The molecule has 1 unspecified atom stereocenters. The number of aryl methyl sites for hydroxylation is 2. The van der Waals surface area contributed by atoms with Gasteiger partial charge in [0.05, 0.1) is 18.3 Å². The number of hydrogen-bond acceptors (Lipinski definition) is 3. The molecule has 1 atom stereocenters. The van der Waals surface area contributed by atoms with Crippen molar-refractivity contribution in [3.63, 3.8) is 0 Å². The van der Waals surface area contributed by atoms with Gasteiger partial charge in [0.2, 0.25) is 0 Å². The number of rotatable bonds is 6. The number of nitrogens with zero attached hydrogens (tertiary/aromatic N) is 3. The van der Waals surface area contributed by atoms with Gasteiger partial charge >= 0.3 is 0 Å². The fraction of sp³-hybridized carbons (Fsp3) is 0.565. The molecule has 2 aromatic rings. The second kappa shape index (κ2) is 10.5. The van der Waals surface area contributed by atoms with E-state index < -0.39 is 0 Å². The lowest BCUT2D eigenvalue weighted by Crippen LogP contribution is -2.45. The third-order valence-corrected chi connectivity index (χ3v) is 5.45. The molecular formula is C23H36IN5O. The molecule has 0 bridgehead atoms. The van der Waals surface area contributed by atoms with E-state index in [9.17, 15) is 0 Å². The maximum absolute atomic E-state index is 6.17. The predicted octanol–water partition coefficient (Wildman–Crippen LogP) is 4.52. The fourth-order valence-corrected chi connectivity index (χ4v) is 4.15. The van der Waals surface area contributed by atoms with Gasteiger partial charge in [0, 0.05) is 36.8 Å². The maximum Gasteiger partial charge on any atom is 0.192 e. The number of hydrogen-bond donors (Lipinski definition) is 2. The molecule has 0 saturated heterocycles. The lowest BCUT2D eigenvalue weighted by Gasteiger charge is -2.38. The van der Waals surface area contributed by atoms with Crippen molar-refractivity contribution in [2.24, 2.45) is 12.0 Å². The highest BCUT2D eigenvalue weighted by molar-refractivity contribution is 14.0. The number of benzene rings is 1. The Morgan fingerprint density at radius 2 is 1.97 bits per heavy atom. The summed E-state index contributed by atoms with van der Waals surface area (Å²) in [6.07, 6.45) is 2.76. The molecule has 0 saturated carbocycles. The summed E-state index contributed by atoms with van der Waals surface area (Å²) >= 11 is 0. The SMILES string of the molecule is CCNC(=NCc1c(CC)nn(C)c1CC)NC1CC(C)(C)Oc2ccccc21.I. The molecular weight excluding hydrogens is 489 g/mol. The largest absolute Gasteiger partial charge is 0.487 e. The van der Waals surface area contributed by atoms with E-state index >= 15 is 0 Å². The first-order chi connectivity index (χ1) is 13.9. The van der Waals surface area contributed by atoms with Gasteiger partial charge in [0.1, 0.15) is 11.4 Å². The Kier molecular flexibility index (Phi) is 8.58. The van der Waals surface area contributed by atoms with Crippen LogP contribution >= 0.6 is 24.0 Å². The van der Waals surface area contributed by atoms with Gasteiger partial charge in [-0.1, -0.05) is 32.0 Å². The zero-order valence-electron chi connectivity index (χ0n) is 19.1. The number of fused-ring (bicyclic) bond motifs is 1. The minimum absolute atomic E-state index is 0. The number of aliphatic imine (C=N–C) groups is 1. The van der Waals surface area contributed by atoms with Gasteiger partial charge < -0.3 is 15.4 Å². The van der Waals surface area contributed by atoms with Crippen LogP contribution in [0.15, 0.2) is 29.3 Å². The maximum atomic E-state index is 6.17. The summed E-state index contributed by atoms with van der Waals surface area (Å²) in [6.45, 7) is 12.1. The second-order valence-electron chi connectivity index (χ2n) is 8.20. The van der Waals surface area contributed by atoms with Crippen LogP contribution in [0.3, 0.4) is 0 Å². The molecule has 1 aliphatic heterocycles. The topological polar surface area (TPSA) is 63.5 Å². The molecule has 0 fully saturated rings. The van der Waals surface area contributed by atoms with E-state index in [4.69, 9.17) is 9.73 Å². The number of para-hydroxylation sites is 1. The molecule has 6 nitrogen and oxygen atoms in total. The van der Waals surface area contributed by atoms with Crippen molar-refractivity contribution in [1.29, 1.82) is 0 Å². The van der Waals surface area contributed by atoms with Crippen LogP contribution in [-0.4, -0.2) is 27.9 Å². The molecule has 7 heteroatoms. The minimum Gasteiger partial charge on any atom is -0.487 e. The summed E-state index contributed by atoms with van der Waals surface area (Å²) in [5.41, 5.74) is 4.61. The number of nitrogens with one attached hydrogen (secondary N) is 2. The van der Waals surface area contributed by atoms with Gasteiger partial charge in [-0.15, -0.1) is 24.0 Å². The summed E-state index contributed by atoms with van der Waals surface area (Å²) in [5, 5.41) is 11.7. The number of guanidine groups is 1. The van der Waals surface area contributed by atoms with Gasteiger partial charge in [-0.2, -0.15) is 5.10 Å². The van der Waals surface area contributed by atoms with Crippen LogP contribution in [0.2, 0.25) is 0 Å². The van der Waals surface area contributed by atoms with Crippen molar-refractivity contribution in [1.82, 2.24) is 20.4 Å². The summed E-state index contributed by atoms with van der Waals surface area (Å²) in [5.74, 6) is 1.78. The summed E-state index contributed by atoms with van der Waals surface area (Å²) < 4.78 is 8.17. The van der Waals surface area contributed by atoms with Crippen molar-refractivity contribution in [3.8, 4) is 5.75 Å². The highest BCUT2D eigenvalue weighted by Crippen LogP contribution is 2.39. The van der Waals surface area contributed by atoms with Crippen LogP contribution in [0.25, 0.3) is 0 Å². The van der Waals surface area contributed by atoms with Gasteiger partial charge in [-0.3, -0.25) is 4.68 Å². The van der Waals surface area contributed by atoms with E-state index in [0.29, 0.717) is 6.54 Å². The quantitative estimate of drug-likeness (QED) is 0.331. The molecule has 2 heterocycles. The smallest absolute Gasteiger partial charge is 0.192 e. The van der Waals surface area contributed by atoms with Crippen LogP contribution in [-0.2, 0) is 26.4 Å². The Balaban J connectivity index is 0.00000320. The van der Waals surface area contributed by atoms with Gasteiger partial charge in [-0.25, -0.2) is 4.99 Å². The standard InChI is InChI=1S/C23H35N5O.HI/c1-7-18-17(20(8-2)28(6)27-18)15-25-22(24-9-3)26-19-14-23(4,5)29-21-13-11-10-12-16(19)21;/h10-13,19H,7-9,14-15H2,1-6H3,(H2,24,25,26);1H. The van der Waals surface area contributed by atoms with Crippen molar-refractivity contribution in [3.05, 3.63) is 46.8 Å². The van der Waals surface area contributed by atoms with Gasteiger partial charge in [0.25, 0.3) is 0 Å². The molecule has 1 aromatic carbocycles. The Morgan fingerprint density at radius 3 is 2.63 bits per heavy atom. The van der Waals surface area contributed by atoms with Crippen LogP contribution < -0.4 is 15.4 Å². The van der Waals surface area contributed by atoms with E-state index in [1.807, 2.05) is 23.9 Å². The average Bonchev–Trinajstić information content (AvgIpc) is 2.99. The summed E-state index contributed by atoms with van der Waals surface area (Å²) in [6, 6.07) is 8.43. The Labute approximate surface area is 197 Å². The lowest BCUT2D eigenvalue weighted by atomic mass is 9.90. The van der Waals surface area contributed by atoms with E-state index in [1.54, 1.807) is 0 Å². The normalized spacial score (nSPS) is 17.5. The Bertz CT molecular complexity index is 874. The predicted molar refractivity (Wildman–Crippen MR) is 134 cm³/mol. The molecule has 1 aliphatic rings. The molecule has 166 valence electrons. The van der Waals surface area contributed by atoms with Crippen LogP contribution in [0.4, 0.5) is 0 Å². The van der Waals surface area contributed by atoms with E-state index in [1.165, 1.54) is 16.8 Å². The summed E-state index contributed by atoms with van der Waals surface area (Å²) in [4.78, 5) is 4.93. The van der Waals surface area contributed by atoms with Crippen molar-refractivity contribution in [2.45, 2.75) is 72.1 Å². The number of aromatic nitrogens is 2. The van der Waals surface area contributed by atoms with E-state index in [0.717, 1.165) is 43.2 Å². The molecule has 30 heavy (non-hydrogen) atoms. The number of ether oxygens (including phenoxy) is 1. The minimum atomic E-state index is -0.225. The van der Waals surface area contributed by atoms with Crippen molar-refractivity contribution < 1.29 is 4.74 Å². The monoisotopic (exact) mass is 525 g/mol. The first-order valence-electron chi connectivity index (χ1n) is 10.7. The third kappa shape index (κ3) is 5.47. The average molecular weight is 525 g/mol. The fourth-order valence-electron chi connectivity index (χ4n) is 4.15. The van der Waals surface area contributed by atoms with E-state index in [2.05, 4.69) is 62.5 Å². The highest BCUT2D eigenvalue weighted by atomic mass is 127. The molecule has 2 N–H and O–H groups in total. The summed E-state index contributed by atoms with van der Waals surface area (Å²) in [7, 11) is 2.02. The Morgan fingerprint density at radius 1 is 1.23 bits per heavy atom. The van der Waals surface area contributed by atoms with Crippen molar-refractivity contribution in [2.75, 3.05) is 6.54 Å². The number of halogens is 1. The zero-order chi connectivity index (χ0) is 21.0. The Hall–Kier alpha value is -1.77. The van der Waals surface area contributed by atoms with Crippen molar-refractivity contribution >= 4 is 29.9 Å². The van der Waals surface area contributed by atoms with Crippen LogP contribution in [0, 0.1) is 0 Å². The highest BCUT2D eigenvalue weighted by Gasteiger charge is 2.34. The lowest BCUT2D eigenvalue weighted by molar-refractivity contribution is 0.0694. The first kappa shape index (κ1) is 24.5.